The second kappa shape index (κ2) is 11.0. The normalized spacial score (nSPS) is 13.9. The van der Waals surface area contributed by atoms with Gasteiger partial charge in [0.15, 0.2) is 5.69 Å². The van der Waals surface area contributed by atoms with E-state index in [0.29, 0.717) is 29.9 Å². The number of nitro groups is 1. The number of carbonyl (C=O) groups excluding carboxylic acids is 2. The van der Waals surface area contributed by atoms with Crippen molar-refractivity contribution in [1.82, 2.24) is 20.3 Å². The van der Waals surface area contributed by atoms with E-state index in [1.54, 1.807) is 13.0 Å². The summed E-state index contributed by atoms with van der Waals surface area (Å²) >= 11 is 0. The third-order valence-electron chi connectivity index (χ3n) is 6.18. The van der Waals surface area contributed by atoms with Crippen molar-refractivity contribution in [2.75, 3.05) is 23.3 Å². The van der Waals surface area contributed by atoms with Gasteiger partial charge in [-0.2, -0.15) is 0 Å². The topological polar surface area (TPSA) is 135 Å². The highest BCUT2D eigenvalue weighted by Crippen LogP contribution is 2.24. The van der Waals surface area contributed by atoms with Gasteiger partial charge in [0.2, 0.25) is 5.91 Å². The lowest BCUT2D eigenvalue weighted by molar-refractivity contribution is -0.384. The van der Waals surface area contributed by atoms with Crippen LogP contribution in [0.4, 0.5) is 17.1 Å². The van der Waals surface area contributed by atoms with Crippen LogP contribution in [0.25, 0.3) is 5.69 Å². The minimum Gasteiger partial charge on any atom is -0.371 e. The number of benzene rings is 2. The van der Waals surface area contributed by atoms with E-state index in [1.807, 2.05) is 31.2 Å². The Kier molecular flexibility index (Phi) is 7.57. The fraction of sp³-hybridized carbons (Fsp3) is 0.360. The van der Waals surface area contributed by atoms with Crippen LogP contribution in [0.1, 0.15) is 48.8 Å². The van der Waals surface area contributed by atoms with E-state index in [1.165, 1.54) is 22.9 Å². The van der Waals surface area contributed by atoms with Crippen molar-refractivity contribution in [2.45, 2.75) is 45.6 Å². The average molecular weight is 492 g/mol. The third-order valence-corrected chi connectivity index (χ3v) is 6.18. The molecule has 0 aliphatic carbocycles. The number of hydrogen-bond acceptors (Lipinski definition) is 7. The first kappa shape index (κ1) is 24.8. The van der Waals surface area contributed by atoms with Gasteiger partial charge >= 0.3 is 0 Å². The molecule has 2 heterocycles. The molecule has 1 saturated heterocycles. The van der Waals surface area contributed by atoms with Crippen molar-refractivity contribution in [3.8, 4) is 5.69 Å². The molecule has 3 aromatic rings. The minimum absolute atomic E-state index is 0.0476. The summed E-state index contributed by atoms with van der Waals surface area (Å²) in [5.74, 6) is -0.851. The van der Waals surface area contributed by atoms with E-state index < -0.39 is 16.9 Å². The molecular weight excluding hydrogens is 462 g/mol. The van der Waals surface area contributed by atoms with Crippen LogP contribution in [0.3, 0.4) is 0 Å². The van der Waals surface area contributed by atoms with Crippen LogP contribution in [-0.4, -0.2) is 50.9 Å². The summed E-state index contributed by atoms with van der Waals surface area (Å²) < 4.78 is 1.36. The molecule has 0 saturated carbocycles. The summed E-state index contributed by atoms with van der Waals surface area (Å²) in [6.45, 7) is 5.58. The number of hydrogen-bond donors (Lipinski definition) is 2. The van der Waals surface area contributed by atoms with E-state index >= 15 is 0 Å². The molecule has 0 radical (unpaired) electrons. The molecule has 4 rings (SSSR count). The van der Waals surface area contributed by atoms with Gasteiger partial charge in [-0.15, -0.1) is 5.10 Å². The summed E-state index contributed by atoms with van der Waals surface area (Å²) in [5, 5.41) is 24.8. The first-order valence-corrected chi connectivity index (χ1v) is 12.0. The Morgan fingerprint density at radius 2 is 1.83 bits per heavy atom. The van der Waals surface area contributed by atoms with Crippen molar-refractivity contribution in [1.29, 1.82) is 0 Å². The number of nitrogens with zero attached hydrogens (tertiary/aromatic N) is 5. The number of carbonyl (C=O) groups is 2. The second-order valence-corrected chi connectivity index (χ2v) is 8.76. The molecule has 1 aliphatic heterocycles. The molecule has 0 spiro atoms. The molecule has 2 N–H and O–H groups in total. The quantitative estimate of drug-likeness (QED) is 0.345. The molecule has 1 unspecified atom stereocenters. The zero-order chi connectivity index (χ0) is 25.7. The van der Waals surface area contributed by atoms with Crippen LogP contribution in [-0.2, 0) is 4.79 Å². The molecule has 11 nitrogen and oxygen atoms in total. The molecule has 36 heavy (non-hydrogen) atoms. The van der Waals surface area contributed by atoms with Gasteiger partial charge in [0.05, 0.1) is 16.3 Å². The SMILES string of the molecule is CCCC(NC(=O)c1nnn(-c2cccc([N+](=O)[O-])c2)c1C)C(=O)Nc1cccc(N2CCCC2)c1. The summed E-state index contributed by atoms with van der Waals surface area (Å²) in [5.41, 5.74) is 2.51. The van der Waals surface area contributed by atoms with Crippen molar-refractivity contribution < 1.29 is 14.5 Å². The van der Waals surface area contributed by atoms with Crippen LogP contribution in [0, 0.1) is 17.0 Å². The van der Waals surface area contributed by atoms with E-state index in [9.17, 15) is 19.7 Å². The lowest BCUT2D eigenvalue weighted by Gasteiger charge is -2.20. The van der Waals surface area contributed by atoms with E-state index in [-0.39, 0.29) is 17.3 Å². The van der Waals surface area contributed by atoms with Gasteiger partial charge < -0.3 is 15.5 Å². The van der Waals surface area contributed by atoms with Gasteiger partial charge in [-0.3, -0.25) is 19.7 Å². The highest BCUT2D eigenvalue weighted by molar-refractivity contribution is 6.01. The molecule has 1 aromatic heterocycles. The van der Waals surface area contributed by atoms with Crippen LogP contribution in [0.5, 0.6) is 0 Å². The smallest absolute Gasteiger partial charge is 0.274 e. The van der Waals surface area contributed by atoms with Crippen LogP contribution >= 0.6 is 0 Å². The lowest BCUT2D eigenvalue weighted by Crippen LogP contribution is -2.44. The Labute approximate surface area is 208 Å². The average Bonchev–Trinajstić information content (AvgIpc) is 3.54. The third kappa shape index (κ3) is 5.51. The molecular formula is C25H29N7O4. The molecule has 188 valence electrons. The monoisotopic (exact) mass is 491 g/mol. The first-order chi connectivity index (χ1) is 17.4. The highest BCUT2D eigenvalue weighted by atomic mass is 16.6. The predicted octanol–water partition coefficient (Wildman–Crippen LogP) is 3.62. The van der Waals surface area contributed by atoms with Gasteiger partial charge in [0.1, 0.15) is 6.04 Å². The zero-order valence-electron chi connectivity index (χ0n) is 20.3. The largest absolute Gasteiger partial charge is 0.371 e. The molecule has 1 atom stereocenters. The number of anilines is 2. The van der Waals surface area contributed by atoms with Gasteiger partial charge in [-0.05, 0) is 50.5 Å². The van der Waals surface area contributed by atoms with Gasteiger partial charge in [0.25, 0.3) is 11.6 Å². The Balaban J connectivity index is 1.47. The van der Waals surface area contributed by atoms with Gasteiger partial charge in [-0.1, -0.05) is 30.7 Å². The maximum Gasteiger partial charge on any atom is 0.274 e. The molecule has 0 bridgehead atoms. The molecule has 2 amide bonds. The highest BCUT2D eigenvalue weighted by Gasteiger charge is 2.25. The summed E-state index contributed by atoms with van der Waals surface area (Å²) in [6, 6.07) is 12.9. The number of rotatable bonds is 9. The molecule has 2 aromatic carbocycles. The molecule has 1 aliphatic rings. The lowest BCUT2D eigenvalue weighted by atomic mass is 10.1. The van der Waals surface area contributed by atoms with Gasteiger partial charge in [-0.25, -0.2) is 4.68 Å². The van der Waals surface area contributed by atoms with Crippen LogP contribution < -0.4 is 15.5 Å². The Bertz CT molecular complexity index is 1270. The van der Waals surface area contributed by atoms with E-state index in [4.69, 9.17) is 0 Å². The fourth-order valence-corrected chi connectivity index (χ4v) is 4.29. The van der Waals surface area contributed by atoms with Crippen molar-refractivity contribution in [3.63, 3.8) is 0 Å². The Hall–Kier alpha value is -4.28. The Morgan fingerprint density at radius 1 is 1.11 bits per heavy atom. The maximum atomic E-state index is 13.1. The Morgan fingerprint density at radius 3 is 2.56 bits per heavy atom. The van der Waals surface area contributed by atoms with Gasteiger partial charge in [0, 0.05) is 36.6 Å². The first-order valence-electron chi connectivity index (χ1n) is 12.0. The van der Waals surface area contributed by atoms with Crippen molar-refractivity contribution in [2.24, 2.45) is 0 Å². The summed E-state index contributed by atoms with van der Waals surface area (Å²) in [6.07, 6.45) is 3.45. The number of non-ortho nitro benzene ring substituents is 1. The van der Waals surface area contributed by atoms with Crippen molar-refractivity contribution >= 4 is 28.9 Å². The van der Waals surface area contributed by atoms with Crippen LogP contribution in [0.2, 0.25) is 0 Å². The van der Waals surface area contributed by atoms with E-state index in [0.717, 1.165) is 31.6 Å². The standard InChI is InChI=1S/C25H29N7O4/c1-3-8-22(24(33)26-18-9-6-10-19(15-18)30-13-4-5-14-30)27-25(34)23-17(2)31(29-28-23)20-11-7-12-21(16-20)32(35)36/h6-7,9-12,15-16,22H,3-5,8,13-14H2,1-2H3,(H,26,33)(H,27,34). The second-order valence-electron chi connectivity index (χ2n) is 8.76. The molecule has 1 fully saturated rings. The number of amides is 2. The van der Waals surface area contributed by atoms with Crippen LogP contribution in [0.15, 0.2) is 48.5 Å². The number of aromatic nitrogens is 3. The summed E-state index contributed by atoms with van der Waals surface area (Å²) in [4.78, 5) is 39.0. The zero-order valence-corrected chi connectivity index (χ0v) is 20.3. The maximum absolute atomic E-state index is 13.1. The molecule has 11 heteroatoms. The minimum atomic E-state index is -0.764. The summed E-state index contributed by atoms with van der Waals surface area (Å²) in [7, 11) is 0. The number of nitro benzene ring substituents is 1. The fourth-order valence-electron chi connectivity index (χ4n) is 4.29. The number of nitrogens with one attached hydrogen (secondary N) is 2. The van der Waals surface area contributed by atoms with Crippen molar-refractivity contribution in [3.05, 3.63) is 70.0 Å². The predicted molar refractivity (Wildman–Crippen MR) is 135 cm³/mol. The van der Waals surface area contributed by atoms with E-state index in [2.05, 4.69) is 25.8 Å².